The Bertz CT molecular complexity index is 1120. The van der Waals surface area contributed by atoms with Crippen molar-refractivity contribution >= 4 is 27.9 Å². The van der Waals surface area contributed by atoms with E-state index in [0.29, 0.717) is 11.7 Å². The van der Waals surface area contributed by atoms with Gasteiger partial charge in [-0.15, -0.1) is 11.3 Å². The molecule has 0 spiro atoms. The standard InChI is InChI=1S/C19H20N4OS/c1-11(2)20-9-15-7-14(10-25-15)13-4-5-16-12(3)6-18-21-22-19(24)23(18)17(16)8-13/h4-8,10-11,20H,9H2,1-3H3,(H,22,24). The van der Waals surface area contributed by atoms with Crippen LogP contribution in [0.4, 0.5) is 0 Å². The fraction of sp³-hybridized carbons (Fsp3) is 0.263. The number of nitrogens with zero attached hydrogens (tertiary/aromatic N) is 2. The zero-order valence-corrected chi connectivity index (χ0v) is 15.3. The van der Waals surface area contributed by atoms with E-state index >= 15 is 0 Å². The van der Waals surface area contributed by atoms with Gasteiger partial charge in [-0.05, 0) is 47.2 Å². The summed E-state index contributed by atoms with van der Waals surface area (Å²) in [5.41, 5.74) is 4.74. The molecule has 4 rings (SSSR count). The molecule has 0 atom stereocenters. The predicted octanol–water partition coefficient (Wildman–Crippen LogP) is 3.71. The van der Waals surface area contributed by atoms with Gasteiger partial charge in [0.1, 0.15) is 0 Å². The molecule has 0 bridgehead atoms. The molecule has 0 aliphatic carbocycles. The van der Waals surface area contributed by atoms with Gasteiger partial charge in [0, 0.05) is 22.8 Å². The Balaban J connectivity index is 1.82. The Kier molecular flexibility index (Phi) is 3.94. The van der Waals surface area contributed by atoms with Crippen LogP contribution in [-0.2, 0) is 6.54 Å². The van der Waals surface area contributed by atoms with Crippen molar-refractivity contribution in [3.8, 4) is 11.1 Å². The molecule has 4 aromatic rings. The van der Waals surface area contributed by atoms with Gasteiger partial charge in [-0.2, -0.15) is 5.10 Å². The Labute approximate surface area is 149 Å². The second-order valence-corrected chi connectivity index (χ2v) is 7.61. The normalized spacial score (nSPS) is 11.8. The number of H-pyrrole nitrogens is 1. The van der Waals surface area contributed by atoms with Crippen LogP contribution in [-0.4, -0.2) is 20.6 Å². The molecular weight excluding hydrogens is 332 g/mol. The Morgan fingerprint density at radius 3 is 2.88 bits per heavy atom. The lowest BCUT2D eigenvalue weighted by Gasteiger charge is -2.07. The third kappa shape index (κ3) is 2.88. The first-order valence-electron chi connectivity index (χ1n) is 8.34. The third-order valence-corrected chi connectivity index (χ3v) is 5.32. The van der Waals surface area contributed by atoms with Crippen LogP contribution in [0.1, 0.15) is 24.3 Å². The summed E-state index contributed by atoms with van der Waals surface area (Å²) in [6.07, 6.45) is 0. The first-order valence-corrected chi connectivity index (χ1v) is 9.22. The fourth-order valence-corrected chi connectivity index (χ4v) is 3.91. The second kappa shape index (κ2) is 6.13. The average molecular weight is 352 g/mol. The maximum absolute atomic E-state index is 12.1. The molecule has 6 heteroatoms. The van der Waals surface area contributed by atoms with Gasteiger partial charge in [0.05, 0.1) is 5.52 Å². The Morgan fingerprint density at radius 1 is 1.24 bits per heavy atom. The minimum Gasteiger partial charge on any atom is -0.310 e. The van der Waals surface area contributed by atoms with E-state index in [1.165, 1.54) is 10.4 Å². The Morgan fingerprint density at radius 2 is 2.08 bits per heavy atom. The maximum atomic E-state index is 12.1. The van der Waals surface area contributed by atoms with Gasteiger partial charge in [0.25, 0.3) is 0 Å². The highest BCUT2D eigenvalue weighted by Gasteiger charge is 2.10. The van der Waals surface area contributed by atoms with Gasteiger partial charge in [0.15, 0.2) is 5.65 Å². The maximum Gasteiger partial charge on any atom is 0.348 e. The second-order valence-electron chi connectivity index (χ2n) is 6.62. The zero-order valence-electron chi connectivity index (χ0n) is 14.5. The van der Waals surface area contributed by atoms with Crippen molar-refractivity contribution in [2.45, 2.75) is 33.4 Å². The molecule has 0 fully saturated rings. The molecule has 3 heterocycles. The molecule has 1 aromatic carbocycles. The Hall–Kier alpha value is -2.44. The summed E-state index contributed by atoms with van der Waals surface area (Å²) < 4.78 is 1.64. The molecule has 0 saturated heterocycles. The summed E-state index contributed by atoms with van der Waals surface area (Å²) >= 11 is 1.75. The van der Waals surface area contributed by atoms with Crippen LogP contribution in [0.2, 0.25) is 0 Å². The number of aromatic nitrogens is 3. The lowest BCUT2D eigenvalue weighted by Crippen LogP contribution is -2.21. The SMILES string of the molecule is Cc1cc2n[nH]c(=O)n2c2cc(-c3csc(CNC(C)C)c3)ccc12. The third-order valence-electron chi connectivity index (χ3n) is 4.38. The van der Waals surface area contributed by atoms with Crippen molar-refractivity contribution in [3.63, 3.8) is 0 Å². The van der Waals surface area contributed by atoms with Gasteiger partial charge in [-0.3, -0.25) is 0 Å². The molecule has 0 unspecified atom stereocenters. The molecule has 0 aliphatic rings. The van der Waals surface area contributed by atoms with Crippen molar-refractivity contribution in [2.24, 2.45) is 0 Å². The number of hydrogen-bond donors (Lipinski definition) is 2. The van der Waals surface area contributed by atoms with Crippen molar-refractivity contribution in [3.05, 3.63) is 56.6 Å². The number of benzene rings is 1. The molecule has 0 aliphatic heterocycles. The van der Waals surface area contributed by atoms with Crippen molar-refractivity contribution < 1.29 is 0 Å². The lowest BCUT2D eigenvalue weighted by molar-refractivity contribution is 0.593. The molecule has 25 heavy (non-hydrogen) atoms. The van der Waals surface area contributed by atoms with E-state index in [1.807, 2.05) is 13.0 Å². The summed E-state index contributed by atoms with van der Waals surface area (Å²) in [7, 11) is 0. The van der Waals surface area contributed by atoms with E-state index in [2.05, 4.69) is 59.0 Å². The van der Waals surface area contributed by atoms with E-state index in [0.717, 1.165) is 28.6 Å². The molecular formula is C19H20N4OS. The number of thiophene rings is 1. The van der Waals surface area contributed by atoms with Gasteiger partial charge in [0.2, 0.25) is 0 Å². The molecule has 128 valence electrons. The van der Waals surface area contributed by atoms with Gasteiger partial charge < -0.3 is 5.32 Å². The highest BCUT2D eigenvalue weighted by Crippen LogP contribution is 2.29. The number of aryl methyl sites for hydroxylation is 1. The van der Waals surface area contributed by atoms with Crippen LogP contribution in [0.25, 0.3) is 27.7 Å². The largest absolute Gasteiger partial charge is 0.348 e. The topological polar surface area (TPSA) is 62.2 Å². The summed E-state index contributed by atoms with van der Waals surface area (Å²) in [6, 6.07) is 10.9. The smallest absolute Gasteiger partial charge is 0.310 e. The quantitative estimate of drug-likeness (QED) is 0.588. The molecule has 2 N–H and O–H groups in total. The van der Waals surface area contributed by atoms with Crippen LogP contribution >= 0.6 is 11.3 Å². The summed E-state index contributed by atoms with van der Waals surface area (Å²) in [5, 5.41) is 13.3. The highest BCUT2D eigenvalue weighted by molar-refractivity contribution is 7.10. The van der Waals surface area contributed by atoms with Gasteiger partial charge >= 0.3 is 5.69 Å². The van der Waals surface area contributed by atoms with E-state index in [1.54, 1.807) is 15.7 Å². The van der Waals surface area contributed by atoms with Crippen molar-refractivity contribution in [1.29, 1.82) is 0 Å². The van der Waals surface area contributed by atoms with Crippen LogP contribution in [0.5, 0.6) is 0 Å². The van der Waals surface area contributed by atoms with Crippen LogP contribution in [0.15, 0.2) is 40.5 Å². The van der Waals surface area contributed by atoms with Crippen LogP contribution in [0, 0.1) is 6.92 Å². The number of nitrogens with one attached hydrogen (secondary N) is 2. The van der Waals surface area contributed by atoms with Crippen LogP contribution < -0.4 is 11.0 Å². The van der Waals surface area contributed by atoms with Gasteiger partial charge in [-0.25, -0.2) is 14.3 Å². The monoisotopic (exact) mass is 352 g/mol. The summed E-state index contributed by atoms with van der Waals surface area (Å²) in [6.45, 7) is 7.21. The molecule has 3 aromatic heterocycles. The number of rotatable bonds is 4. The molecule has 0 saturated carbocycles. The van der Waals surface area contributed by atoms with Crippen molar-refractivity contribution in [1.82, 2.24) is 19.9 Å². The number of fused-ring (bicyclic) bond motifs is 3. The molecule has 0 radical (unpaired) electrons. The fourth-order valence-electron chi connectivity index (χ4n) is 3.07. The lowest BCUT2D eigenvalue weighted by atomic mass is 10.0. The summed E-state index contributed by atoms with van der Waals surface area (Å²) in [5.74, 6) is 0. The number of hydrogen-bond acceptors (Lipinski definition) is 4. The number of aromatic amines is 1. The van der Waals surface area contributed by atoms with E-state index < -0.39 is 0 Å². The summed E-state index contributed by atoms with van der Waals surface area (Å²) in [4.78, 5) is 13.4. The minimum atomic E-state index is -0.204. The van der Waals surface area contributed by atoms with E-state index in [-0.39, 0.29) is 5.69 Å². The number of pyridine rings is 1. The van der Waals surface area contributed by atoms with E-state index in [9.17, 15) is 4.79 Å². The predicted molar refractivity (Wildman–Crippen MR) is 103 cm³/mol. The zero-order chi connectivity index (χ0) is 17.6. The first-order chi connectivity index (χ1) is 12.0. The minimum absolute atomic E-state index is 0.204. The highest BCUT2D eigenvalue weighted by atomic mass is 32.1. The first kappa shape index (κ1) is 16.1. The van der Waals surface area contributed by atoms with Crippen molar-refractivity contribution in [2.75, 3.05) is 0 Å². The molecule has 0 amide bonds. The van der Waals surface area contributed by atoms with Crippen LogP contribution in [0.3, 0.4) is 0 Å². The van der Waals surface area contributed by atoms with Gasteiger partial charge in [-0.1, -0.05) is 26.0 Å². The average Bonchev–Trinajstić information content (AvgIpc) is 3.20. The van der Waals surface area contributed by atoms with E-state index in [4.69, 9.17) is 0 Å². The molecule has 5 nitrogen and oxygen atoms in total.